The lowest BCUT2D eigenvalue weighted by atomic mass is 10.2. The van der Waals surface area contributed by atoms with E-state index in [2.05, 4.69) is 15.5 Å². The van der Waals surface area contributed by atoms with E-state index in [1.165, 1.54) is 0 Å². The van der Waals surface area contributed by atoms with Gasteiger partial charge < -0.3 is 10.2 Å². The van der Waals surface area contributed by atoms with Crippen LogP contribution in [0.4, 0.5) is 11.5 Å². The molecule has 0 saturated carbocycles. The van der Waals surface area contributed by atoms with Crippen molar-refractivity contribution < 1.29 is 13.2 Å². The highest BCUT2D eigenvalue weighted by Crippen LogP contribution is 2.24. The summed E-state index contributed by atoms with van der Waals surface area (Å²) in [7, 11) is -3.06. The van der Waals surface area contributed by atoms with E-state index in [-0.39, 0.29) is 29.1 Å². The highest BCUT2D eigenvalue weighted by atomic mass is 35.5. The van der Waals surface area contributed by atoms with Gasteiger partial charge in [0.2, 0.25) is 0 Å². The number of carbonyl (C=O) groups excluding carboxylic acids is 1. The minimum atomic E-state index is -3.06. The van der Waals surface area contributed by atoms with Crippen molar-refractivity contribution in [2.24, 2.45) is 0 Å². The third kappa shape index (κ3) is 4.13. The molecule has 1 aliphatic heterocycles. The van der Waals surface area contributed by atoms with Crippen LogP contribution in [0.3, 0.4) is 0 Å². The van der Waals surface area contributed by atoms with Crippen LogP contribution in [0, 0.1) is 0 Å². The number of aromatic nitrogens is 2. The van der Waals surface area contributed by atoms with Crippen molar-refractivity contribution in [3.63, 3.8) is 0 Å². The Morgan fingerprint density at radius 1 is 1.27 bits per heavy atom. The van der Waals surface area contributed by atoms with Gasteiger partial charge in [0.25, 0.3) is 5.91 Å². The molecular formula is C17H19ClN4O3S. The summed E-state index contributed by atoms with van der Waals surface area (Å²) < 4.78 is 23.4. The number of rotatable bonds is 5. The second-order valence-corrected chi connectivity index (χ2v) is 8.69. The minimum absolute atomic E-state index is 0.00611. The molecule has 1 fully saturated rings. The Hall–Kier alpha value is -2.19. The summed E-state index contributed by atoms with van der Waals surface area (Å²) in [5.74, 6) is 0.271. The SMILES string of the molecule is CCN(C(=O)c1ccc(Nc2ccccc2Cl)nn1)C1CCS(=O)(=O)C1. The Morgan fingerprint density at radius 3 is 2.62 bits per heavy atom. The highest BCUT2D eigenvalue weighted by molar-refractivity contribution is 7.91. The van der Waals surface area contributed by atoms with Crippen LogP contribution >= 0.6 is 11.6 Å². The van der Waals surface area contributed by atoms with Crippen molar-refractivity contribution in [3.8, 4) is 0 Å². The van der Waals surface area contributed by atoms with E-state index in [0.717, 1.165) is 0 Å². The smallest absolute Gasteiger partial charge is 0.274 e. The van der Waals surface area contributed by atoms with E-state index in [1.54, 1.807) is 23.1 Å². The van der Waals surface area contributed by atoms with Gasteiger partial charge in [0.05, 0.1) is 22.2 Å². The number of anilines is 2. The Balaban J connectivity index is 1.73. The molecule has 1 aromatic heterocycles. The maximum absolute atomic E-state index is 12.7. The third-order valence-electron chi connectivity index (χ3n) is 4.27. The molecule has 3 rings (SSSR count). The molecule has 2 heterocycles. The summed E-state index contributed by atoms with van der Waals surface area (Å²) in [6, 6.07) is 10.1. The van der Waals surface area contributed by atoms with Crippen LogP contribution < -0.4 is 5.32 Å². The van der Waals surface area contributed by atoms with E-state index in [0.29, 0.717) is 29.5 Å². The lowest BCUT2D eigenvalue weighted by molar-refractivity contribution is 0.0701. The first-order valence-corrected chi connectivity index (χ1v) is 10.5. The van der Waals surface area contributed by atoms with Crippen LogP contribution in [-0.4, -0.2) is 53.5 Å². The molecule has 2 aromatic rings. The fourth-order valence-corrected chi connectivity index (χ4v) is 4.86. The van der Waals surface area contributed by atoms with Crippen LogP contribution in [0.1, 0.15) is 23.8 Å². The zero-order chi connectivity index (χ0) is 18.7. The van der Waals surface area contributed by atoms with Crippen LogP contribution in [0.25, 0.3) is 0 Å². The molecule has 1 aromatic carbocycles. The number of hydrogen-bond donors (Lipinski definition) is 1. The molecule has 138 valence electrons. The molecule has 7 nitrogen and oxygen atoms in total. The van der Waals surface area contributed by atoms with Gasteiger partial charge in [-0.05, 0) is 37.6 Å². The average Bonchev–Trinajstić information content (AvgIpc) is 2.98. The van der Waals surface area contributed by atoms with E-state index in [9.17, 15) is 13.2 Å². The predicted octanol–water partition coefficient (Wildman–Crippen LogP) is 2.52. The number of halogens is 1. The largest absolute Gasteiger partial charge is 0.338 e. The van der Waals surface area contributed by atoms with E-state index in [4.69, 9.17) is 11.6 Å². The van der Waals surface area contributed by atoms with Gasteiger partial charge in [-0.25, -0.2) is 8.42 Å². The van der Waals surface area contributed by atoms with Crippen molar-refractivity contribution in [2.45, 2.75) is 19.4 Å². The summed E-state index contributed by atoms with van der Waals surface area (Å²) in [5.41, 5.74) is 0.870. The van der Waals surface area contributed by atoms with Gasteiger partial charge in [-0.3, -0.25) is 4.79 Å². The summed E-state index contributed by atoms with van der Waals surface area (Å²) in [5, 5.41) is 11.6. The van der Waals surface area contributed by atoms with Crippen LogP contribution in [0.2, 0.25) is 5.02 Å². The zero-order valence-corrected chi connectivity index (χ0v) is 15.8. The van der Waals surface area contributed by atoms with Gasteiger partial charge in [-0.1, -0.05) is 23.7 Å². The molecular weight excluding hydrogens is 376 g/mol. The number of para-hydroxylation sites is 1. The van der Waals surface area contributed by atoms with E-state index in [1.807, 2.05) is 25.1 Å². The molecule has 1 unspecified atom stereocenters. The van der Waals surface area contributed by atoms with Gasteiger partial charge in [-0.2, -0.15) is 0 Å². The van der Waals surface area contributed by atoms with Crippen molar-refractivity contribution >= 4 is 38.9 Å². The molecule has 0 radical (unpaired) electrons. The summed E-state index contributed by atoms with van der Waals surface area (Å²) in [6.07, 6.45) is 0.460. The number of nitrogens with one attached hydrogen (secondary N) is 1. The Morgan fingerprint density at radius 2 is 2.04 bits per heavy atom. The highest BCUT2D eigenvalue weighted by Gasteiger charge is 2.34. The van der Waals surface area contributed by atoms with Crippen LogP contribution in [0.5, 0.6) is 0 Å². The quantitative estimate of drug-likeness (QED) is 0.837. The molecule has 1 saturated heterocycles. The van der Waals surface area contributed by atoms with Gasteiger partial charge in [0.15, 0.2) is 21.3 Å². The molecule has 1 atom stereocenters. The fraction of sp³-hybridized carbons (Fsp3) is 0.353. The standard InChI is InChI=1S/C17H19ClN4O3S/c1-2-22(12-9-10-26(24,25)11-12)17(23)15-7-8-16(21-20-15)19-14-6-4-3-5-13(14)18/h3-8,12H,2,9-11H2,1H3,(H,19,21). The molecule has 0 spiro atoms. The zero-order valence-electron chi connectivity index (χ0n) is 14.2. The van der Waals surface area contributed by atoms with E-state index < -0.39 is 9.84 Å². The number of benzene rings is 1. The summed E-state index contributed by atoms with van der Waals surface area (Å²) >= 11 is 6.09. The number of carbonyl (C=O) groups is 1. The molecule has 0 aliphatic carbocycles. The molecule has 1 N–H and O–H groups in total. The van der Waals surface area contributed by atoms with Gasteiger partial charge in [0, 0.05) is 12.6 Å². The second kappa shape index (κ2) is 7.59. The maximum atomic E-state index is 12.7. The minimum Gasteiger partial charge on any atom is -0.338 e. The lowest BCUT2D eigenvalue weighted by Gasteiger charge is -2.26. The number of sulfone groups is 1. The molecule has 26 heavy (non-hydrogen) atoms. The predicted molar refractivity (Wildman–Crippen MR) is 101 cm³/mol. The normalized spacial score (nSPS) is 18.5. The van der Waals surface area contributed by atoms with Crippen molar-refractivity contribution in [1.29, 1.82) is 0 Å². The van der Waals surface area contributed by atoms with Crippen molar-refractivity contribution in [1.82, 2.24) is 15.1 Å². The Kier molecular flexibility index (Phi) is 5.43. The van der Waals surface area contributed by atoms with E-state index >= 15 is 0 Å². The van der Waals surface area contributed by atoms with Crippen molar-refractivity contribution in [2.75, 3.05) is 23.4 Å². The van der Waals surface area contributed by atoms with Crippen LogP contribution in [0.15, 0.2) is 36.4 Å². The monoisotopic (exact) mass is 394 g/mol. The average molecular weight is 395 g/mol. The summed E-state index contributed by atoms with van der Waals surface area (Å²) in [4.78, 5) is 14.2. The number of amides is 1. The van der Waals surface area contributed by atoms with Gasteiger partial charge in [0.1, 0.15) is 0 Å². The molecule has 9 heteroatoms. The van der Waals surface area contributed by atoms with Crippen molar-refractivity contribution in [3.05, 3.63) is 47.1 Å². The van der Waals surface area contributed by atoms with Crippen LogP contribution in [-0.2, 0) is 9.84 Å². The first kappa shape index (κ1) is 18.6. The maximum Gasteiger partial charge on any atom is 0.274 e. The Bertz CT molecular complexity index is 902. The van der Waals surface area contributed by atoms with Gasteiger partial charge in [-0.15, -0.1) is 10.2 Å². The first-order valence-electron chi connectivity index (χ1n) is 8.26. The molecule has 1 amide bonds. The number of nitrogens with zero attached hydrogens (tertiary/aromatic N) is 3. The lowest BCUT2D eigenvalue weighted by Crippen LogP contribution is -2.41. The topological polar surface area (TPSA) is 92.3 Å². The number of hydrogen-bond acceptors (Lipinski definition) is 6. The molecule has 0 bridgehead atoms. The fourth-order valence-electron chi connectivity index (χ4n) is 2.95. The second-order valence-electron chi connectivity index (χ2n) is 6.06. The molecule has 1 aliphatic rings. The summed E-state index contributed by atoms with van der Waals surface area (Å²) in [6.45, 7) is 2.24. The van der Waals surface area contributed by atoms with Gasteiger partial charge >= 0.3 is 0 Å². The third-order valence-corrected chi connectivity index (χ3v) is 6.35. The Labute approximate surface area is 157 Å². The first-order chi connectivity index (χ1) is 12.4.